The normalized spacial score (nSPS) is 25.1. The molecular weight excluding hydrogens is 465 g/mol. The number of ether oxygens (including phenoxy) is 2. The summed E-state index contributed by atoms with van der Waals surface area (Å²) >= 11 is 2.45. The van der Waals surface area contributed by atoms with Gasteiger partial charge in [0.05, 0.1) is 19.8 Å². The second-order valence-electron chi connectivity index (χ2n) is 6.84. The lowest BCUT2D eigenvalue weighted by molar-refractivity contribution is 0.0252. The van der Waals surface area contributed by atoms with E-state index < -0.39 is 0 Å². The van der Waals surface area contributed by atoms with Crippen LogP contribution in [0.4, 0.5) is 0 Å². The van der Waals surface area contributed by atoms with Gasteiger partial charge in [-0.2, -0.15) is 0 Å². The van der Waals surface area contributed by atoms with E-state index in [0.29, 0.717) is 22.1 Å². The summed E-state index contributed by atoms with van der Waals surface area (Å²) in [6, 6.07) is 7.90. The average molecular weight is 491 g/mol. The summed E-state index contributed by atoms with van der Waals surface area (Å²) in [6.45, 7) is 4.38. The molecule has 1 aliphatic heterocycles. The molecule has 6 heteroatoms. The lowest BCUT2D eigenvalue weighted by Gasteiger charge is -2.33. The van der Waals surface area contributed by atoms with Gasteiger partial charge in [-0.3, -0.25) is 4.99 Å². The zero-order valence-corrected chi connectivity index (χ0v) is 18.6. The minimum atomic E-state index is -0.0590. The fourth-order valence-electron chi connectivity index (χ4n) is 3.21. The van der Waals surface area contributed by atoms with Gasteiger partial charge in [0.2, 0.25) is 0 Å². The van der Waals surface area contributed by atoms with E-state index in [-0.39, 0.29) is 12.1 Å². The summed E-state index contributed by atoms with van der Waals surface area (Å²) in [5, 5.41) is 0. The van der Waals surface area contributed by atoms with Gasteiger partial charge in [0.1, 0.15) is 23.3 Å². The zero-order valence-electron chi connectivity index (χ0n) is 16.4. The van der Waals surface area contributed by atoms with Gasteiger partial charge < -0.3 is 15.2 Å². The lowest BCUT2D eigenvalue weighted by Crippen LogP contribution is -2.38. The molecular formula is C22H26IN3O2. The van der Waals surface area contributed by atoms with Crippen molar-refractivity contribution in [2.24, 2.45) is 15.7 Å². The Bertz CT molecular complexity index is 870. The summed E-state index contributed by atoms with van der Waals surface area (Å²) in [7, 11) is 1.67. The number of aliphatic imine (C=N–C) groups is 2. The molecule has 1 aliphatic carbocycles. The first kappa shape index (κ1) is 20.8. The molecule has 3 atom stereocenters. The highest BCUT2D eigenvalue weighted by Gasteiger charge is 2.33. The monoisotopic (exact) mass is 491 g/mol. The number of allylic oxidation sites excluding steroid dienone is 3. The average Bonchev–Trinajstić information content (AvgIpc) is 2.71. The first-order valence-corrected chi connectivity index (χ1v) is 10.6. The Labute approximate surface area is 180 Å². The number of hydrogen-bond acceptors (Lipinski definition) is 4. The number of nitrogens with two attached hydrogens (primary N) is 1. The highest BCUT2D eigenvalue weighted by molar-refractivity contribution is 14.1. The van der Waals surface area contributed by atoms with E-state index in [0.717, 1.165) is 23.4 Å². The molecule has 1 aromatic rings. The van der Waals surface area contributed by atoms with Crippen molar-refractivity contribution in [2.45, 2.75) is 42.9 Å². The Kier molecular flexibility index (Phi) is 7.07. The van der Waals surface area contributed by atoms with Gasteiger partial charge in [-0.25, -0.2) is 4.99 Å². The van der Waals surface area contributed by atoms with Crippen LogP contribution >= 0.6 is 22.6 Å². The van der Waals surface area contributed by atoms with Crippen LogP contribution in [0.1, 0.15) is 25.8 Å². The van der Waals surface area contributed by atoms with Crippen molar-refractivity contribution in [1.29, 1.82) is 0 Å². The molecule has 0 bridgehead atoms. The van der Waals surface area contributed by atoms with E-state index in [4.69, 9.17) is 20.2 Å². The van der Waals surface area contributed by atoms with E-state index in [9.17, 15) is 0 Å². The summed E-state index contributed by atoms with van der Waals surface area (Å²) in [5.41, 5.74) is 10.0. The number of benzene rings is 1. The molecule has 28 heavy (non-hydrogen) atoms. The number of amidine groups is 1. The van der Waals surface area contributed by atoms with Crippen molar-refractivity contribution < 1.29 is 9.47 Å². The second-order valence-corrected chi connectivity index (χ2v) is 8.44. The number of dihydropyridines is 1. The van der Waals surface area contributed by atoms with Crippen molar-refractivity contribution >= 4 is 34.1 Å². The van der Waals surface area contributed by atoms with Crippen LogP contribution in [-0.4, -0.2) is 34.7 Å². The molecule has 0 saturated carbocycles. The Morgan fingerprint density at radius 3 is 2.96 bits per heavy atom. The van der Waals surface area contributed by atoms with Gasteiger partial charge in [-0.15, -0.1) is 0 Å². The fraction of sp³-hybridized carbons (Fsp3) is 0.364. The second kappa shape index (κ2) is 9.52. The molecule has 2 aliphatic rings. The number of rotatable bonds is 6. The predicted octanol–water partition coefficient (Wildman–Crippen LogP) is 4.37. The SMILES string of the molecule is C/C=C(/C)N=C(N)C1=NC2C(=CC(I)CC2OCc2cccc(OC)c2)C=C1. The third-order valence-electron chi connectivity index (χ3n) is 4.81. The minimum Gasteiger partial charge on any atom is -0.497 e. The summed E-state index contributed by atoms with van der Waals surface area (Å²) in [6.07, 6.45) is 9.12. The van der Waals surface area contributed by atoms with Crippen molar-refractivity contribution in [3.63, 3.8) is 0 Å². The van der Waals surface area contributed by atoms with Crippen LogP contribution in [0.5, 0.6) is 5.75 Å². The largest absolute Gasteiger partial charge is 0.497 e. The van der Waals surface area contributed by atoms with Crippen LogP contribution in [0.15, 0.2) is 69.8 Å². The Hall–Kier alpha value is -1.93. The van der Waals surface area contributed by atoms with Crippen LogP contribution in [0.3, 0.4) is 0 Å². The Balaban J connectivity index is 1.79. The zero-order chi connectivity index (χ0) is 20.1. The van der Waals surface area contributed by atoms with Gasteiger partial charge >= 0.3 is 0 Å². The van der Waals surface area contributed by atoms with Crippen molar-refractivity contribution in [2.75, 3.05) is 7.11 Å². The van der Waals surface area contributed by atoms with Crippen molar-refractivity contribution in [3.8, 4) is 5.75 Å². The number of alkyl halides is 1. The van der Waals surface area contributed by atoms with Crippen molar-refractivity contribution in [1.82, 2.24) is 0 Å². The number of halogens is 1. The highest BCUT2D eigenvalue weighted by atomic mass is 127. The van der Waals surface area contributed by atoms with E-state index >= 15 is 0 Å². The van der Waals surface area contributed by atoms with Crippen LogP contribution in [0.2, 0.25) is 0 Å². The number of nitrogens with zero attached hydrogens (tertiary/aromatic N) is 2. The Morgan fingerprint density at radius 1 is 1.39 bits per heavy atom. The fourth-order valence-corrected chi connectivity index (χ4v) is 4.13. The minimum absolute atomic E-state index is 0.0105. The maximum atomic E-state index is 6.30. The van der Waals surface area contributed by atoms with Crippen LogP contribution in [0, 0.1) is 0 Å². The molecule has 1 aromatic carbocycles. The molecule has 0 aromatic heterocycles. The Morgan fingerprint density at radius 2 is 2.21 bits per heavy atom. The summed E-state index contributed by atoms with van der Waals surface area (Å²) in [4.78, 5) is 9.29. The number of fused-ring (bicyclic) bond motifs is 1. The standard InChI is InChI=1S/C22H26IN3O2/c1-4-14(2)25-22(24)19-9-8-16-11-17(23)12-20(21(16)26-19)28-13-15-6-5-7-18(10-15)27-3/h4-11,17,20-21H,12-13H2,1-3H3,(H2,24,25)/b14-4-. The predicted molar refractivity (Wildman–Crippen MR) is 123 cm³/mol. The van der Waals surface area contributed by atoms with E-state index in [1.807, 2.05) is 50.3 Å². The molecule has 0 fully saturated rings. The van der Waals surface area contributed by atoms with Gasteiger partial charge in [-0.05, 0) is 49.6 Å². The molecule has 3 rings (SSSR count). The molecule has 1 heterocycles. The first-order chi connectivity index (χ1) is 13.5. The highest BCUT2D eigenvalue weighted by Crippen LogP contribution is 2.32. The smallest absolute Gasteiger partial charge is 0.149 e. The van der Waals surface area contributed by atoms with Crippen LogP contribution in [-0.2, 0) is 11.3 Å². The molecule has 2 N–H and O–H groups in total. The van der Waals surface area contributed by atoms with Gasteiger partial charge in [0.15, 0.2) is 0 Å². The molecule has 0 amide bonds. The quantitative estimate of drug-likeness (QED) is 0.278. The first-order valence-electron chi connectivity index (χ1n) is 9.33. The van der Waals surface area contributed by atoms with Crippen molar-refractivity contribution in [3.05, 3.63) is 65.4 Å². The summed E-state index contributed by atoms with van der Waals surface area (Å²) in [5.74, 6) is 1.27. The molecule has 148 valence electrons. The van der Waals surface area contributed by atoms with E-state index in [2.05, 4.69) is 39.7 Å². The third-order valence-corrected chi connectivity index (χ3v) is 5.68. The van der Waals surface area contributed by atoms with Crippen LogP contribution < -0.4 is 10.5 Å². The molecule has 3 unspecified atom stereocenters. The summed E-state index contributed by atoms with van der Waals surface area (Å²) < 4.78 is 12.0. The molecule has 0 saturated heterocycles. The number of hydrogen-bond donors (Lipinski definition) is 1. The topological polar surface area (TPSA) is 69.2 Å². The van der Waals surface area contributed by atoms with Crippen LogP contribution in [0.25, 0.3) is 0 Å². The maximum Gasteiger partial charge on any atom is 0.149 e. The van der Waals surface area contributed by atoms with E-state index in [1.54, 1.807) is 7.11 Å². The maximum absolute atomic E-state index is 6.30. The lowest BCUT2D eigenvalue weighted by atomic mass is 9.89. The molecule has 0 spiro atoms. The number of methoxy groups -OCH3 is 1. The third kappa shape index (κ3) is 5.11. The van der Waals surface area contributed by atoms with Gasteiger partial charge in [0.25, 0.3) is 0 Å². The molecule has 0 radical (unpaired) electrons. The molecule has 5 nitrogen and oxygen atoms in total. The van der Waals surface area contributed by atoms with Gasteiger partial charge in [0, 0.05) is 9.62 Å². The van der Waals surface area contributed by atoms with Gasteiger partial charge in [-0.1, -0.05) is 53.0 Å². The van der Waals surface area contributed by atoms with E-state index in [1.165, 1.54) is 5.57 Å².